The molecule has 4 fully saturated rings. The zero-order valence-corrected chi connectivity index (χ0v) is 31.5. The highest BCUT2D eigenvalue weighted by Crippen LogP contribution is 2.70. The van der Waals surface area contributed by atoms with Crippen molar-refractivity contribution < 1.29 is 0 Å². The molecule has 10 radical (unpaired) electrons. The molecular formula is C47H30B5N3S. The SMILES string of the molecule is [B]c1c([B])c([B])c(-c2nc(-c3cccc4c3-c3c(ccc5ccccc35)C43C4CC5CC(C4)CC3C5)nc(-c3cccc4sc5ccccc5c34)n2)c([B])c1[B]. The molecule has 6 aromatic carbocycles. The Kier molecular flexibility index (Phi) is 7.03. The van der Waals surface area contributed by atoms with Crippen molar-refractivity contribution in [2.75, 3.05) is 0 Å². The van der Waals surface area contributed by atoms with Gasteiger partial charge in [-0.15, -0.1) is 27.7 Å². The molecular weight excluding hydrogens is 693 g/mol. The van der Waals surface area contributed by atoms with Crippen molar-refractivity contribution in [1.29, 1.82) is 0 Å². The molecule has 4 bridgehead atoms. The maximum absolute atomic E-state index is 6.75. The van der Waals surface area contributed by atoms with Crippen molar-refractivity contribution in [2.24, 2.45) is 23.7 Å². The summed E-state index contributed by atoms with van der Waals surface area (Å²) in [5.41, 5.74) is 8.47. The average molecular weight is 723 g/mol. The number of benzene rings is 6. The van der Waals surface area contributed by atoms with Crippen LogP contribution in [-0.2, 0) is 5.41 Å². The summed E-state index contributed by atoms with van der Waals surface area (Å²) in [6, 6.07) is 35.2. The van der Waals surface area contributed by atoms with E-state index in [2.05, 4.69) is 97.1 Å². The first-order valence-corrected chi connectivity index (χ1v) is 20.5. The lowest BCUT2D eigenvalue weighted by Gasteiger charge is -2.61. The van der Waals surface area contributed by atoms with Crippen LogP contribution in [0.25, 0.3) is 76.2 Å². The molecule has 0 atom stereocenters. The number of fused-ring (bicyclic) bond motifs is 8. The summed E-state index contributed by atoms with van der Waals surface area (Å²) < 4.78 is 2.35. The number of hydrogen-bond donors (Lipinski definition) is 0. The minimum absolute atomic E-state index is 0.0489. The molecule has 2 aromatic heterocycles. The van der Waals surface area contributed by atoms with Crippen molar-refractivity contribution in [1.82, 2.24) is 15.0 Å². The van der Waals surface area contributed by atoms with E-state index in [1.807, 2.05) is 0 Å². The normalized spacial score (nSPS) is 23.1. The van der Waals surface area contributed by atoms with E-state index < -0.39 is 0 Å². The maximum Gasteiger partial charge on any atom is 0.164 e. The lowest BCUT2D eigenvalue weighted by Crippen LogP contribution is -2.55. The van der Waals surface area contributed by atoms with Crippen LogP contribution in [0.2, 0.25) is 0 Å². The van der Waals surface area contributed by atoms with Crippen LogP contribution in [0.1, 0.15) is 43.2 Å². The molecule has 0 unspecified atom stereocenters. The molecule has 0 N–H and O–H groups in total. The van der Waals surface area contributed by atoms with Gasteiger partial charge < -0.3 is 0 Å². The largest absolute Gasteiger partial charge is 0.208 e. The molecule has 8 aromatic rings. The van der Waals surface area contributed by atoms with Crippen LogP contribution in [0, 0.1) is 23.7 Å². The van der Waals surface area contributed by atoms with Gasteiger partial charge >= 0.3 is 0 Å². The van der Waals surface area contributed by atoms with Crippen molar-refractivity contribution in [3.05, 3.63) is 108 Å². The van der Waals surface area contributed by atoms with Crippen molar-refractivity contribution >= 4 is 109 Å². The lowest BCUT2D eigenvalue weighted by atomic mass is 9.43. The Hall–Kier alpha value is -4.87. The second-order valence-electron chi connectivity index (χ2n) is 16.6. The summed E-state index contributed by atoms with van der Waals surface area (Å²) >= 11 is 1.76. The van der Waals surface area contributed by atoms with Crippen LogP contribution >= 0.6 is 11.3 Å². The van der Waals surface area contributed by atoms with Crippen LogP contribution in [0.5, 0.6) is 0 Å². The third-order valence-corrected chi connectivity index (χ3v) is 15.1. The van der Waals surface area contributed by atoms with Gasteiger partial charge in [-0.2, -0.15) is 0 Å². The van der Waals surface area contributed by atoms with E-state index >= 15 is 0 Å². The first kappa shape index (κ1) is 33.3. The zero-order valence-electron chi connectivity index (χ0n) is 30.7. The van der Waals surface area contributed by atoms with E-state index in [1.54, 1.807) is 11.3 Å². The lowest BCUT2D eigenvalue weighted by molar-refractivity contribution is -0.0399. The molecule has 56 heavy (non-hydrogen) atoms. The van der Waals surface area contributed by atoms with Crippen molar-refractivity contribution in [2.45, 2.75) is 37.5 Å². The quantitative estimate of drug-likeness (QED) is 0.208. The Labute approximate surface area is 336 Å². The average Bonchev–Trinajstić information content (AvgIpc) is 3.75. The first-order chi connectivity index (χ1) is 27.3. The third kappa shape index (κ3) is 4.33. The van der Waals surface area contributed by atoms with E-state index in [-0.39, 0.29) is 32.7 Å². The predicted octanol–water partition coefficient (Wildman–Crippen LogP) is 6.09. The van der Waals surface area contributed by atoms with Gasteiger partial charge in [0.1, 0.15) is 39.2 Å². The topological polar surface area (TPSA) is 38.7 Å². The molecule has 0 saturated heterocycles. The van der Waals surface area contributed by atoms with E-state index in [9.17, 15) is 0 Å². The molecule has 5 aliphatic rings. The highest BCUT2D eigenvalue weighted by Gasteiger charge is 2.62. The van der Waals surface area contributed by atoms with Gasteiger partial charge in [-0.3, -0.25) is 0 Å². The fraction of sp³-hybridized carbons (Fsp3) is 0.213. The summed E-state index contributed by atoms with van der Waals surface area (Å²) in [4.78, 5) is 15.9. The third-order valence-electron chi connectivity index (χ3n) is 14.0. The van der Waals surface area contributed by atoms with E-state index in [1.165, 1.54) is 69.8 Å². The van der Waals surface area contributed by atoms with Crippen LogP contribution in [0.15, 0.2) is 97.1 Å². The molecule has 1 spiro atoms. The smallest absolute Gasteiger partial charge is 0.164 e. The molecule has 5 aliphatic carbocycles. The Bertz CT molecular complexity index is 2970. The van der Waals surface area contributed by atoms with Gasteiger partial charge in [0.15, 0.2) is 17.5 Å². The molecule has 2 heterocycles. The fourth-order valence-corrected chi connectivity index (χ4v) is 13.1. The van der Waals surface area contributed by atoms with Gasteiger partial charge in [0.25, 0.3) is 0 Å². The van der Waals surface area contributed by atoms with Gasteiger partial charge in [-0.1, -0.05) is 95.9 Å². The Morgan fingerprint density at radius 2 is 1.04 bits per heavy atom. The first-order valence-electron chi connectivity index (χ1n) is 19.7. The van der Waals surface area contributed by atoms with Crippen LogP contribution in [0.3, 0.4) is 0 Å². The number of hydrogen-bond acceptors (Lipinski definition) is 4. The summed E-state index contributed by atoms with van der Waals surface area (Å²) in [7, 11) is 32.7. The van der Waals surface area contributed by atoms with Gasteiger partial charge in [-0.05, 0) is 101 Å². The fourth-order valence-electron chi connectivity index (χ4n) is 12.0. The minimum atomic E-state index is -0.0489. The Morgan fingerprint density at radius 3 is 1.79 bits per heavy atom. The summed E-state index contributed by atoms with van der Waals surface area (Å²) in [5.74, 6) is 4.23. The van der Waals surface area contributed by atoms with E-state index in [4.69, 9.17) is 54.2 Å². The number of nitrogens with zero attached hydrogens (tertiary/aromatic N) is 3. The van der Waals surface area contributed by atoms with Crippen molar-refractivity contribution in [3.8, 4) is 45.3 Å². The molecule has 0 amide bonds. The number of aromatic nitrogens is 3. The second kappa shape index (κ2) is 11.8. The van der Waals surface area contributed by atoms with E-state index in [0.29, 0.717) is 34.9 Å². The zero-order chi connectivity index (χ0) is 37.6. The predicted molar refractivity (Wildman–Crippen MR) is 237 cm³/mol. The molecule has 0 aliphatic heterocycles. The number of thiophene rings is 1. The standard InChI is InChI=1S/C47H30B5N3S/c48-39-38(40(49)42(51)43(52)41(39)50)46-54-44(29-11-6-14-34-35(29)28-9-3-4-13-33(28)56-34)53-45(55-46)30-10-5-12-31-37(30)36-27-8-2-1-7-24(27)15-16-32(36)47(31)25-18-22-17-23(20-25)21-26(47)19-22/h1-16,22-23,25-26H,17-21H2. The van der Waals surface area contributed by atoms with Gasteiger partial charge in [0.05, 0.1) is 0 Å². The maximum atomic E-state index is 6.75. The highest BCUT2D eigenvalue weighted by molar-refractivity contribution is 7.25. The second-order valence-corrected chi connectivity index (χ2v) is 17.7. The number of rotatable bonds is 3. The van der Waals surface area contributed by atoms with Crippen LogP contribution < -0.4 is 27.3 Å². The van der Waals surface area contributed by atoms with Gasteiger partial charge in [0.2, 0.25) is 0 Å². The molecule has 254 valence electrons. The van der Waals surface area contributed by atoms with Crippen LogP contribution in [-0.4, -0.2) is 54.2 Å². The molecule has 4 saturated carbocycles. The van der Waals surface area contributed by atoms with E-state index in [0.717, 1.165) is 38.4 Å². The molecule has 3 nitrogen and oxygen atoms in total. The molecule has 9 heteroatoms. The molecule has 13 rings (SSSR count). The van der Waals surface area contributed by atoms with Crippen molar-refractivity contribution in [3.63, 3.8) is 0 Å². The Balaban J connectivity index is 1.19. The Morgan fingerprint density at radius 1 is 0.464 bits per heavy atom. The monoisotopic (exact) mass is 723 g/mol. The summed E-state index contributed by atoms with van der Waals surface area (Å²) in [5, 5.41) is 4.74. The van der Waals surface area contributed by atoms with Crippen LogP contribution in [0.4, 0.5) is 0 Å². The highest BCUT2D eigenvalue weighted by atomic mass is 32.1. The summed E-state index contributed by atoms with van der Waals surface area (Å²) in [6.07, 6.45) is 6.57. The van der Waals surface area contributed by atoms with Gasteiger partial charge in [-0.25, -0.2) is 15.0 Å². The van der Waals surface area contributed by atoms with Gasteiger partial charge in [0, 0.05) is 42.3 Å². The minimum Gasteiger partial charge on any atom is -0.208 e. The summed E-state index contributed by atoms with van der Waals surface area (Å²) in [6.45, 7) is 0.